The molecular formula is C10H10N2O2S2. The quantitative estimate of drug-likeness (QED) is 0.880. The van der Waals surface area contributed by atoms with Gasteiger partial charge in [0.15, 0.2) is 11.2 Å². The highest BCUT2D eigenvalue weighted by Crippen LogP contribution is 2.25. The maximum absolute atomic E-state index is 11.1. The minimum atomic E-state index is -0.893. The van der Waals surface area contributed by atoms with Crippen molar-refractivity contribution in [2.45, 2.75) is 13.0 Å². The highest BCUT2D eigenvalue weighted by atomic mass is 32.1. The van der Waals surface area contributed by atoms with Gasteiger partial charge in [0.05, 0.1) is 5.69 Å². The Kier molecular flexibility index (Phi) is 3.21. The SMILES string of the molecule is Cc1csc(NC(C(=O)O)c2cccs2)n1. The topological polar surface area (TPSA) is 62.2 Å². The Hall–Kier alpha value is -1.40. The van der Waals surface area contributed by atoms with Crippen molar-refractivity contribution in [3.05, 3.63) is 33.5 Å². The number of hydrogen-bond acceptors (Lipinski definition) is 5. The molecule has 0 aromatic carbocycles. The van der Waals surface area contributed by atoms with Crippen LogP contribution < -0.4 is 5.32 Å². The average molecular weight is 254 g/mol. The smallest absolute Gasteiger partial charge is 0.331 e. The molecule has 0 bridgehead atoms. The van der Waals surface area contributed by atoms with Crippen molar-refractivity contribution in [3.8, 4) is 0 Å². The largest absolute Gasteiger partial charge is 0.479 e. The lowest BCUT2D eigenvalue weighted by atomic mass is 10.2. The number of carboxylic acids is 1. The van der Waals surface area contributed by atoms with Crippen LogP contribution in [0.5, 0.6) is 0 Å². The van der Waals surface area contributed by atoms with E-state index in [4.69, 9.17) is 5.11 Å². The number of aromatic nitrogens is 1. The van der Waals surface area contributed by atoms with E-state index >= 15 is 0 Å². The second-order valence-corrected chi connectivity index (χ2v) is 5.06. The van der Waals surface area contributed by atoms with Crippen LogP contribution in [0, 0.1) is 6.92 Å². The van der Waals surface area contributed by atoms with Gasteiger partial charge in [-0.25, -0.2) is 9.78 Å². The molecule has 2 heterocycles. The molecule has 2 N–H and O–H groups in total. The van der Waals surface area contributed by atoms with Crippen LogP contribution in [0.2, 0.25) is 0 Å². The van der Waals surface area contributed by atoms with Gasteiger partial charge in [-0.15, -0.1) is 22.7 Å². The molecule has 0 aliphatic carbocycles. The summed E-state index contributed by atoms with van der Waals surface area (Å²) in [7, 11) is 0. The summed E-state index contributed by atoms with van der Waals surface area (Å²) >= 11 is 2.83. The minimum absolute atomic E-state index is 0.637. The van der Waals surface area contributed by atoms with Crippen molar-refractivity contribution in [2.24, 2.45) is 0 Å². The van der Waals surface area contributed by atoms with Gasteiger partial charge < -0.3 is 10.4 Å². The van der Waals surface area contributed by atoms with Crippen LogP contribution in [0.1, 0.15) is 16.6 Å². The zero-order valence-corrected chi connectivity index (χ0v) is 10.1. The van der Waals surface area contributed by atoms with E-state index in [0.29, 0.717) is 5.13 Å². The number of nitrogens with zero attached hydrogens (tertiary/aromatic N) is 1. The Morgan fingerprint density at radius 3 is 2.88 bits per heavy atom. The van der Waals surface area contributed by atoms with Crippen molar-refractivity contribution in [2.75, 3.05) is 5.32 Å². The molecule has 0 fully saturated rings. The zero-order chi connectivity index (χ0) is 11.5. The number of anilines is 1. The summed E-state index contributed by atoms with van der Waals surface area (Å²) in [6.07, 6.45) is 0. The number of carboxylic acid groups (broad SMARTS) is 1. The lowest BCUT2D eigenvalue weighted by Crippen LogP contribution is -2.19. The van der Waals surface area contributed by atoms with E-state index in [1.165, 1.54) is 22.7 Å². The monoisotopic (exact) mass is 254 g/mol. The van der Waals surface area contributed by atoms with Gasteiger partial charge in [-0.2, -0.15) is 0 Å². The second kappa shape index (κ2) is 4.63. The Morgan fingerprint density at radius 2 is 2.38 bits per heavy atom. The van der Waals surface area contributed by atoms with E-state index in [2.05, 4.69) is 10.3 Å². The molecule has 2 aromatic rings. The van der Waals surface area contributed by atoms with Crippen molar-refractivity contribution >= 4 is 33.8 Å². The molecule has 2 aromatic heterocycles. The predicted molar refractivity (Wildman–Crippen MR) is 65.2 cm³/mol. The second-order valence-electron chi connectivity index (χ2n) is 3.23. The number of thiophene rings is 1. The summed E-state index contributed by atoms with van der Waals surface area (Å²) in [6.45, 7) is 1.88. The summed E-state index contributed by atoms with van der Waals surface area (Å²) in [6, 6.07) is 2.92. The Morgan fingerprint density at radius 1 is 1.56 bits per heavy atom. The first-order chi connectivity index (χ1) is 7.66. The van der Waals surface area contributed by atoms with Crippen LogP contribution >= 0.6 is 22.7 Å². The molecule has 0 aliphatic rings. The van der Waals surface area contributed by atoms with Crippen LogP contribution in [0.15, 0.2) is 22.9 Å². The van der Waals surface area contributed by atoms with Gasteiger partial charge in [-0.1, -0.05) is 6.07 Å². The van der Waals surface area contributed by atoms with Crippen molar-refractivity contribution < 1.29 is 9.90 Å². The predicted octanol–water partition coefficient (Wildman–Crippen LogP) is 2.75. The maximum Gasteiger partial charge on any atom is 0.331 e. The van der Waals surface area contributed by atoms with Gasteiger partial charge >= 0.3 is 5.97 Å². The molecule has 16 heavy (non-hydrogen) atoms. The van der Waals surface area contributed by atoms with Gasteiger partial charge in [0, 0.05) is 10.3 Å². The zero-order valence-electron chi connectivity index (χ0n) is 8.51. The van der Waals surface area contributed by atoms with Crippen LogP contribution in [0.3, 0.4) is 0 Å². The summed E-state index contributed by atoms with van der Waals surface area (Å²) in [5, 5.41) is 16.4. The average Bonchev–Trinajstić information content (AvgIpc) is 2.84. The fourth-order valence-electron chi connectivity index (χ4n) is 1.25. The molecule has 84 valence electrons. The third-order valence-corrected chi connectivity index (χ3v) is 3.79. The highest BCUT2D eigenvalue weighted by molar-refractivity contribution is 7.13. The number of nitrogens with one attached hydrogen (secondary N) is 1. The first kappa shape index (κ1) is 11.1. The van der Waals surface area contributed by atoms with Crippen molar-refractivity contribution in [1.82, 2.24) is 4.98 Å². The van der Waals surface area contributed by atoms with Crippen LogP contribution in [0.25, 0.3) is 0 Å². The number of hydrogen-bond donors (Lipinski definition) is 2. The first-order valence-corrected chi connectivity index (χ1v) is 6.37. The molecule has 6 heteroatoms. The summed E-state index contributed by atoms with van der Waals surface area (Å²) < 4.78 is 0. The molecule has 0 amide bonds. The summed E-state index contributed by atoms with van der Waals surface area (Å²) in [5.41, 5.74) is 0.891. The molecule has 4 nitrogen and oxygen atoms in total. The molecule has 0 aliphatic heterocycles. The van der Waals surface area contributed by atoms with E-state index in [9.17, 15) is 4.79 Å². The normalized spacial score (nSPS) is 12.3. The van der Waals surface area contributed by atoms with Crippen LogP contribution in [0.4, 0.5) is 5.13 Å². The number of rotatable bonds is 4. The number of aryl methyl sites for hydroxylation is 1. The van der Waals surface area contributed by atoms with Crippen molar-refractivity contribution in [3.63, 3.8) is 0 Å². The van der Waals surface area contributed by atoms with Gasteiger partial charge in [-0.3, -0.25) is 0 Å². The van der Waals surface area contributed by atoms with E-state index in [0.717, 1.165) is 10.6 Å². The molecule has 0 radical (unpaired) electrons. The fourth-order valence-corrected chi connectivity index (χ4v) is 2.74. The molecule has 2 rings (SSSR count). The Balaban J connectivity index is 2.19. The summed E-state index contributed by atoms with van der Waals surface area (Å²) in [5.74, 6) is -0.893. The lowest BCUT2D eigenvalue weighted by molar-refractivity contribution is -0.138. The van der Waals surface area contributed by atoms with Gasteiger partial charge in [0.25, 0.3) is 0 Å². The van der Waals surface area contributed by atoms with Gasteiger partial charge in [0.2, 0.25) is 0 Å². The number of carbonyl (C=O) groups is 1. The highest BCUT2D eigenvalue weighted by Gasteiger charge is 2.21. The van der Waals surface area contributed by atoms with Crippen LogP contribution in [-0.2, 0) is 4.79 Å². The first-order valence-electron chi connectivity index (χ1n) is 4.61. The lowest BCUT2D eigenvalue weighted by Gasteiger charge is -2.11. The molecule has 1 atom stereocenters. The third-order valence-electron chi connectivity index (χ3n) is 1.96. The minimum Gasteiger partial charge on any atom is -0.479 e. The standard InChI is InChI=1S/C10H10N2O2S2/c1-6-5-16-10(11-6)12-8(9(13)14)7-3-2-4-15-7/h2-5,8H,1H3,(H,11,12)(H,13,14). The van der Waals surface area contributed by atoms with Gasteiger partial charge in [0.1, 0.15) is 0 Å². The van der Waals surface area contributed by atoms with Crippen LogP contribution in [-0.4, -0.2) is 16.1 Å². The number of thiazole rings is 1. The van der Waals surface area contributed by atoms with E-state index in [1.54, 1.807) is 6.07 Å². The maximum atomic E-state index is 11.1. The van der Waals surface area contributed by atoms with E-state index < -0.39 is 12.0 Å². The number of aliphatic carboxylic acids is 1. The molecular weight excluding hydrogens is 244 g/mol. The third kappa shape index (κ3) is 2.40. The molecule has 0 saturated heterocycles. The Bertz CT molecular complexity index is 479. The Labute approximate surface area is 101 Å². The molecule has 1 unspecified atom stereocenters. The van der Waals surface area contributed by atoms with E-state index in [1.807, 2.05) is 23.8 Å². The molecule has 0 spiro atoms. The molecule has 0 saturated carbocycles. The van der Waals surface area contributed by atoms with E-state index in [-0.39, 0.29) is 0 Å². The van der Waals surface area contributed by atoms with Crippen molar-refractivity contribution in [1.29, 1.82) is 0 Å². The van der Waals surface area contributed by atoms with Gasteiger partial charge in [-0.05, 0) is 18.4 Å². The fraction of sp³-hybridized carbons (Fsp3) is 0.200. The summed E-state index contributed by atoms with van der Waals surface area (Å²) in [4.78, 5) is 16.1.